The number of piperazine rings is 1. The SMILES string of the molecule is CN(Cc1ccccc1)C(=O)NCCC(=O)NCCN1CCN(c2ccccc2)CC1. The molecule has 1 saturated heterocycles. The molecular weight excluding hydrogens is 390 g/mol. The van der Waals surface area contributed by atoms with Gasteiger partial charge in [-0.25, -0.2) is 4.79 Å². The Balaban J connectivity index is 1.24. The highest BCUT2D eigenvalue weighted by Gasteiger charge is 2.17. The Bertz CT molecular complexity index is 807. The van der Waals surface area contributed by atoms with Crippen molar-refractivity contribution in [2.45, 2.75) is 13.0 Å². The number of rotatable bonds is 9. The largest absolute Gasteiger partial charge is 0.369 e. The Labute approximate surface area is 185 Å². The molecule has 31 heavy (non-hydrogen) atoms. The van der Waals surface area contributed by atoms with E-state index in [0.29, 0.717) is 19.6 Å². The highest BCUT2D eigenvalue weighted by Crippen LogP contribution is 2.15. The zero-order valence-corrected chi connectivity index (χ0v) is 18.3. The third-order valence-corrected chi connectivity index (χ3v) is 5.48. The number of para-hydroxylation sites is 1. The van der Waals surface area contributed by atoms with Crippen molar-refractivity contribution in [2.24, 2.45) is 0 Å². The highest BCUT2D eigenvalue weighted by atomic mass is 16.2. The Morgan fingerprint density at radius 3 is 2.19 bits per heavy atom. The van der Waals surface area contributed by atoms with Gasteiger partial charge in [0.2, 0.25) is 5.91 Å². The van der Waals surface area contributed by atoms with Crippen molar-refractivity contribution in [3.8, 4) is 0 Å². The molecule has 3 rings (SSSR count). The van der Waals surface area contributed by atoms with E-state index in [1.165, 1.54) is 5.69 Å². The molecule has 0 saturated carbocycles. The highest BCUT2D eigenvalue weighted by molar-refractivity contribution is 5.78. The molecule has 0 unspecified atom stereocenters. The average Bonchev–Trinajstić information content (AvgIpc) is 2.80. The van der Waals surface area contributed by atoms with Crippen LogP contribution in [0.15, 0.2) is 60.7 Å². The molecule has 2 aromatic rings. The maximum Gasteiger partial charge on any atom is 0.317 e. The van der Waals surface area contributed by atoms with Gasteiger partial charge in [-0.1, -0.05) is 48.5 Å². The molecule has 0 bridgehead atoms. The molecule has 7 heteroatoms. The summed E-state index contributed by atoms with van der Waals surface area (Å²) >= 11 is 0. The molecule has 1 heterocycles. The molecular formula is C24H33N5O2. The first-order valence-corrected chi connectivity index (χ1v) is 10.9. The van der Waals surface area contributed by atoms with E-state index in [4.69, 9.17) is 0 Å². The molecule has 0 atom stereocenters. The molecule has 2 aromatic carbocycles. The van der Waals surface area contributed by atoms with E-state index < -0.39 is 0 Å². The number of amides is 3. The van der Waals surface area contributed by atoms with Crippen LogP contribution in [0.2, 0.25) is 0 Å². The summed E-state index contributed by atoms with van der Waals surface area (Å²) in [4.78, 5) is 30.6. The summed E-state index contributed by atoms with van der Waals surface area (Å²) in [5, 5.41) is 5.76. The minimum atomic E-state index is -0.173. The Morgan fingerprint density at radius 1 is 0.871 bits per heavy atom. The summed E-state index contributed by atoms with van der Waals surface area (Å²) in [5.74, 6) is -0.0334. The van der Waals surface area contributed by atoms with Crippen molar-refractivity contribution >= 4 is 17.6 Å². The van der Waals surface area contributed by atoms with Crippen molar-refractivity contribution in [1.82, 2.24) is 20.4 Å². The Hall–Kier alpha value is -3.06. The lowest BCUT2D eigenvalue weighted by atomic mass is 10.2. The molecule has 0 aromatic heterocycles. The fourth-order valence-corrected chi connectivity index (χ4v) is 3.66. The van der Waals surface area contributed by atoms with E-state index in [1.807, 2.05) is 36.4 Å². The number of anilines is 1. The minimum absolute atomic E-state index is 0.0334. The second-order valence-corrected chi connectivity index (χ2v) is 7.84. The zero-order valence-electron chi connectivity index (χ0n) is 18.3. The van der Waals surface area contributed by atoms with Gasteiger partial charge >= 0.3 is 6.03 Å². The molecule has 0 spiro atoms. The van der Waals surface area contributed by atoms with Gasteiger partial charge in [-0.05, 0) is 17.7 Å². The van der Waals surface area contributed by atoms with Gasteiger partial charge in [0, 0.05) is 71.5 Å². The van der Waals surface area contributed by atoms with E-state index in [9.17, 15) is 9.59 Å². The first-order chi connectivity index (χ1) is 15.1. The van der Waals surface area contributed by atoms with Crippen molar-refractivity contribution in [3.05, 3.63) is 66.2 Å². The average molecular weight is 424 g/mol. The van der Waals surface area contributed by atoms with Crippen molar-refractivity contribution < 1.29 is 9.59 Å². The number of hydrogen-bond donors (Lipinski definition) is 2. The van der Waals surface area contributed by atoms with Crippen LogP contribution in [0.25, 0.3) is 0 Å². The lowest BCUT2D eigenvalue weighted by molar-refractivity contribution is -0.121. The lowest BCUT2D eigenvalue weighted by Gasteiger charge is -2.36. The first kappa shape index (κ1) is 22.6. The fourth-order valence-electron chi connectivity index (χ4n) is 3.66. The number of carbonyl (C=O) groups excluding carboxylic acids is 2. The van der Waals surface area contributed by atoms with Crippen LogP contribution in [0.5, 0.6) is 0 Å². The summed E-state index contributed by atoms with van der Waals surface area (Å²) in [6, 6.07) is 20.1. The second-order valence-electron chi connectivity index (χ2n) is 7.84. The van der Waals surface area contributed by atoms with Crippen LogP contribution in [0.4, 0.5) is 10.5 Å². The van der Waals surface area contributed by atoms with Gasteiger partial charge in [-0.3, -0.25) is 9.69 Å². The quantitative estimate of drug-likeness (QED) is 0.649. The van der Waals surface area contributed by atoms with Crippen LogP contribution in [-0.2, 0) is 11.3 Å². The molecule has 0 radical (unpaired) electrons. The van der Waals surface area contributed by atoms with E-state index in [2.05, 4.69) is 44.7 Å². The van der Waals surface area contributed by atoms with Crippen molar-refractivity contribution in [3.63, 3.8) is 0 Å². The topological polar surface area (TPSA) is 67.9 Å². The molecule has 3 amide bonds. The molecule has 7 nitrogen and oxygen atoms in total. The number of benzene rings is 2. The third kappa shape index (κ3) is 7.61. The summed E-state index contributed by atoms with van der Waals surface area (Å²) in [6.07, 6.45) is 0.284. The second kappa shape index (κ2) is 12.0. The maximum atomic E-state index is 12.2. The Kier molecular flexibility index (Phi) is 8.72. The van der Waals surface area contributed by atoms with Crippen LogP contribution < -0.4 is 15.5 Å². The molecule has 1 aliphatic rings. The van der Waals surface area contributed by atoms with Gasteiger partial charge in [-0.15, -0.1) is 0 Å². The predicted octanol–water partition coefficient (Wildman–Crippen LogP) is 2.16. The smallest absolute Gasteiger partial charge is 0.317 e. The monoisotopic (exact) mass is 423 g/mol. The van der Waals surface area contributed by atoms with Crippen LogP contribution in [0, 0.1) is 0 Å². The van der Waals surface area contributed by atoms with Crippen LogP contribution in [0.1, 0.15) is 12.0 Å². The van der Waals surface area contributed by atoms with Gasteiger partial charge in [0.05, 0.1) is 0 Å². The number of hydrogen-bond acceptors (Lipinski definition) is 4. The standard InChI is InChI=1S/C24H33N5O2/c1-27(20-21-8-4-2-5-9-21)24(31)26-13-12-23(30)25-14-15-28-16-18-29(19-17-28)22-10-6-3-7-11-22/h2-11H,12-20H2,1H3,(H,25,30)(H,26,31). The normalized spacial score (nSPS) is 14.2. The van der Waals surface area contributed by atoms with Crippen LogP contribution in [-0.4, -0.2) is 74.6 Å². The van der Waals surface area contributed by atoms with Gasteiger partial charge in [0.1, 0.15) is 0 Å². The summed E-state index contributed by atoms with van der Waals surface area (Å²) in [5.41, 5.74) is 2.34. The molecule has 0 aliphatic carbocycles. The van der Waals surface area contributed by atoms with E-state index >= 15 is 0 Å². The zero-order chi connectivity index (χ0) is 21.9. The summed E-state index contributed by atoms with van der Waals surface area (Å²) in [7, 11) is 1.75. The van der Waals surface area contributed by atoms with E-state index in [0.717, 1.165) is 38.3 Å². The number of nitrogens with zero attached hydrogens (tertiary/aromatic N) is 3. The molecule has 2 N–H and O–H groups in total. The van der Waals surface area contributed by atoms with E-state index in [-0.39, 0.29) is 18.4 Å². The van der Waals surface area contributed by atoms with E-state index in [1.54, 1.807) is 11.9 Å². The molecule has 1 aliphatic heterocycles. The molecule has 1 fully saturated rings. The maximum absolute atomic E-state index is 12.2. The molecule has 166 valence electrons. The van der Waals surface area contributed by atoms with Gasteiger partial charge in [0.15, 0.2) is 0 Å². The third-order valence-electron chi connectivity index (χ3n) is 5.48. The van der Waals surface area contributed by atoms with Gasteiger partial charge < -0.3 is 20.4 Å². The van der Waals surface area contributed by atoms with Crippen LogP contribution >= 0.6 is 0 Å². The van der Waals surface area contributed by atoms with Gasteiger partial charge in [0.25, 0.3) is 0 Å². The minimum Gasteiger partial charge on any atom is -0.369 e. The number of carbonyl (C=O) groups is 2. The number of nitrogens with one attached hydrogen (secondary N) is 2. The summed E-state index contributed by atoms with van der Waals surface area (Å²) in [6.45, 7) is 6.34. The lowest BCUT2D eigenvalue weighted by Crippen LogP contribution is -2.48. The van der Waals surface area contributed by atoms with Crippen molar-refractivity contribution in [1.29, 1.82) is 0 Å². The summed E-state index contributed by atoms with van der Waals surface area (Å²) < 4.78 is 0. The predicted molar refractivity (Wildman–Crippen MR) is 124 cm³/mol. The fraction of sp³-hybridized carbons (Fsp3) is 0.417. The first-order valence-electron chi connectivity index (χ1n) is 10.9. The van der Waals surface area contributed by atoms with Gasteiger partial charge in [-0.2, -0.15) is 0 Å². The number of urea groups is 1. The Morgan fingerprint density at radius 2 is 1.52 bits per heavy atom. The van der Waals surface area contributed by atoms with Crippen molar-refractivity contribution in [2.75, 3.05) is 57.8 Å². The van der Waals surface area contributed by atoms with Crippen LogP contribution in [0.3, 0.4) is 0 Å².